The zero-order valence-electron chi connectivity index (χ0n) is 9.40. The number of nitro benzene ring substituents is 1. The molecule has 1 fully saturated rings. The van der Waals surface area contributed by atoms with Crippen molar-refractivity contribution in [2.45, 2.75) is 17.6 Å². The Balaban J connectivity index is 2.04. The molecule has 1 aromatic rings. The van der Waals surface area contributed by atoms with Gasteiger partial charge in [-0.05, 0) is 41.1 Å². The molecule has 0 unspecified atom stereocenters. The fourth-order valence-electron chi connectivity index (χ4n) is 1.61. The number of hydrogen-bond donors (Lipinski definition) is 1. The summed E-state index contributed by atoms with van der Waals surface area (Å²) in [7, 11) is 0. The standard InChI is InChI=1S/C11H13BrN2O2S/c1-17-11(4-5-11)7-13-10-3-2-8(14(15)16)6-9(10)12/h2-3,6,13H,4-5,7H2,1H3. The predicted octanol–water partition coefficient (Wildman–Crippen LogP) is 3.66. The summed E-state index contributed by atoms with van der Waals surface area (Å²) >= 11 is 5.24. The van der Waals surface area contributed by atoms with Crippen LogP contribution in [0.25, 0.3) is 0 Å². The van der Waals surface area contributed by atoms with Gasteiger partial charge in [0.15, 0.2) is 0 Å². The number of thioether (sulfide) groups is 1. The van der Waals surface area contributed by atoms with Gasteiger partial charge in [-0.15, -0.1) is 0 Å². The molecule has 17 heavy (non-hydrogen) atoms. The fourth-order valence-corrected chi connectivity index (χ4v) is 2.84. The third-order valence-corrected chi connectivity index (χ3v) is 5.08. The topological polar surface area (TPSA) is 55.2 Å². The molecule has 0 saturated heterocycles. The van der Waals surface area contributed by atoms with Crippen molar-refractivity contribution in [2.75, 3.05) is 18.1 Å². The highest BCUT2D eigenvalue weighted by Crippen LogP contribution is 2.47. The van der Waals surface area contributed by atoms with Crippen LogP contribution in [0.2, 0.25) is 0 Å². The molecule has 0 aromatic heterocycles. The number of nitrogens with one attached hydrogen (secondary N) is 1. The van der Waals surface area contributed by atoms with Crippen molar-refractivity contribution in [3.63, 3.8) is 0 Å². The lowest BCUT2D eigenvalue weighted by Gasteiger charge is -2.15. The Morgan fingerprint density at radius 2 is 2.29 bits per heavy atom. The highest BCUT2D eigenvalue weighted by molar-refractivity contribution is 9.10. The second kappa shape index (κ2) is 4.86. The molecule has 0 atom stereocenters. The van der Waals surface area contributed by atoms with Gasteiger partial charge in [-0.25, -0.2) is 0 Å². The molecular weight excluding hydrogens is 304 g/mol. The van der Waals surface area contributed by atoms with Gasteiger partial charge in [0.2, 0.25) is 0 Å². The number of non-ortho nitro benzene ring substituents is 1. The molecule has 0 spiro atoms. The number of benzene rings is 1. The summed E-state index contributed by atoms with van der Waals surface area (Å²) in [5.74, 6) is 0. The van der Waals surface area contributed by atoms with E-state index in [1.165, 1.54) is 25.0 Å². The van der Waals surface area contributed by atoms with Crippen molar-refractivity contribution in [3.8, 4) is 0 Å². The minimum Gasteiger partial charge on any atom is -0.383 e. The van der Waals surface area contributed by atoms with E-state index in [9.17, 15) is 10.1 Å². The van der Waals surface area contributed by atoms with Gasteiger partial charge in [-0.1, -0.05) is 0 Å². The number of rotatable bonds is 5. The van der Waals surface area contributed by atoms with Crippen LogP contribution < -0.4 is 5.32 Å². The van der Waals surface area contributed by atoms with Crippen LogP contribution in [-0.2, 0) is 0 Å². The van der Waals surface area contributed by atoms with Gasteiger partial charge in [0.1, 0.15) is 0 Å². The van der Waals surface area contributed by atoms with Crippen LogP contribution in [0.3, 0.4) is 0 Å². The predicted molar refractivity (Wildman–Crippen MR) is 74.8 cm³/mol. The monoisotopic (exact) mass is 316 g/mol. The quantitative estimate of drug-likeness (QED) is 0.665. The van der Waals surface area contributed by atoms with Gasteiger partial charge in [0.25, 0.3) is 5.69 Å². The smallest absolute Gasteiger partial charge is 0.270 e. The maximum Gasteiger partial charge on any atom is 0.270 e. The lowest BCUT2D eigenvalue weighted by Crippen LogP contribution is -2.17. The van der Waals surface area contributed by atoms with Crippen molar-refractivity contribution in [3.05, 3.63) is 32.8 Å². The summed E-state index contributed by atoms with van der Waals surface area (Å²) < 4.78 is 1.12. The van der Waals surface area contributed by atoms with E-state index in [2.05, 4.69) is 27.5 Å². The van der Waals surface area contributed by atoms with E-state index in [0.29, 0.717) is 4.75 Å². The van der Waals surface area contributed by atoms with E-state index >= 15 is 0 Å². The Labute approximate surface area is 112 Å². The van der Waals surface area contributed by atoms with Gasteiger partial charge in [-0.3, -0.25) is 10.1 Å². The van der Waals surface area contributed by atoms with E-state index in [1.807, 2.05) is 11.8 Å². The van der Waals surface area contributed by atoms with E-state index in [1.54, 1.807) is 6.07 Å². The second-order valence-corrected chi connectivity index (χ2v) is 6.29. The van der Waals surface area contributed by atoms with Crippen molar-refractivity contribution in [1.29, 1.82) is 0 Å². The first kappa shape index (κ1) is 12.7. The highest BCUT2D eigenvalue weighted by atomic mass is 79.9. The summed E-state index contributed by atoms with van der Waals surface area (Å²) in [5.41, 5.74) is 1.02. The molecule has 1 aliphatic carbocycles. The lowest BCUT2D eigenvalue weighted by atomic mass is 10.2. The number of anilines is 1. The van der Waals surface area contributed by atoms with E-state index in [-0.39, 0.29) is 5.69 Å². The average molecular weight is 317 g/mol. The van der Waals surface area contributed by atoms with E-state index in [0.717, 1.165) is 16.7 Å². The fraction of sp³-hybridized carbons (Fsp3) is 0.455. The average Bonchev–Trinajstić information content (AvgIpc) is 3.08. The Bertz CT molecular complexity index is 449. The van der Waals surface area contributed by atoms with Crippen LogP contribution in [0.15, 0.2) is 22.7 Å². The van der Waals surface area contributed by atoms with Crippen LogP contribution in [-0.4, -0.2) is 22.5 Å². The summed E-state index contributed by atoms with van der Waals surface area (Å²) in [6, 6.07) is 4.80. The normalized spacial score (nSPS) is 16.6. The molecule has 6 heteroatoms. The molecule has 92 valence electrons. The highest BCUT2D eigenvalue weighted by Gasteiger charge is 2.41. The van der Waals surface area contributed by atoms with Crippen LogP contribution in [0.4, 0.5) is 11.4 Å². The lowest BCUT2D eigenvalue weighted by molar-refractivity contribution is -0.384. The van der Waals surface area contributed by atoms with Crippen LogP contribution >= 0.6 is 27.7 Å². The van der Waals surface area contributed by atoms with E-state index in [4.69, 9.17) is 0 Å². The summed E-state index contributed by atoms with van der Waals surface area (Å²) in [4.78, 5) is 10.2. The van der Waals surface area contributed by atoms with Crippen LogP contribution in [0.1, 0.15) is 12.8 Å². The first-order valence-corrected chi connectivity index (χ1v) is 7.31. The van der Waals surface area contributed by atoms with Crippen LogP contribution in [0.5, 0.6) is 0 Å². The SMILES string of the molecule is CSC1(CNc2ccc([N+](=O)[O-])cc2Br)CC1. The maximum atomic E-state index is 10.6. The third-order valence-electron chi connectivity index (χ3n) is 3.01. The minimum atomic E-state index is -0.390. The molecule has 0 amide bonds. The number of halogens is 1. The largest absolute Gasteiger partial charge is 0.383 e. The Morgan fingerprint density at radius 1 is 1.59 bits per heavy atom. The maximum absolute atomic E-state index is 10.6. The molecule has 1 aliphatic rings. The summed E-state index contributed by atoms with van der Waals surface area (Å²) in [5, 5.41) is 13.9. The third kappa shape index (κ3) is 2.93. The molecule has 4 nitrogen and oxygen atoms in total. The minimum absolute atomic E-state index is 0.105. The zero-order valence-corrected chi connectivity index (χ0v) is 11.8. The van der Waals surface area contributed by atoms with Gasteiger partial charge >= 0.3 is 0 Å². The van der Waals surface area contributed by atoms with Crippen molar-refractivity contribution < 1.29 is 4.92 Å². The van der Waals surface area contributed by atoms with Crippen molar-refractivity contribution in [2.24, 2.45) is 0 Å². The first-order valence-electron chi connectivity index (χ1n) is 5.29. The Kier molecular flexibility index (Phi) is 3.63. The Morgan fingerprint density at radius 3 is 2.76 bits per heavy atom. The second-order valence-electron chi connectivity index (χ2n) is 4.16. The zero-order chi connectivity index (χ0) is 12.5. The van der Waals surface area contributed by atoms with Gasteiger partial charge in [0, 0.05) is 33.6 Å². The van der Waals surface area contributed by atoms with Gasteiger partial charge < -0.3 is 5.32 Å². The molecule has 1 N–H and O–H groups in total. The van der Waals surface area contributed by atoms with Crippen LogP contribution in [0, 0.1) is 10.1 Å². The first-order chi connectivity index (χ1) is 8.06. The Hall–Kier alpha value is -0.750. The van der Waals surface area contributed by atoms with E-state index < -0.39 is 4.92 Å². The molecule has 0 aliphatic heterocycles. The van der Waals surface area contributed by atoms with Gasteiger partial charge in [-0.2, -0.15) is 11.8 Å². The van der Waals surface area contributed by atoms with Gasteiger partial charge in [0.05, 0.1) is 4.92 Å². The molecule has 0 heterocycles. The molecular formula is C11H13BrN2O2S. The number of nitrogens with zero attached hydrogens (tertiary/aromatic N) is 1. The molecule has 2 rings (SSSR count). The van der Waals surface area contributed by atoms with Crippen molar-refractivity contribution >= 4 is 39.1 Å². The summed E-state index contributed by atoms with van der Waals surface area (Å²) in [6.07, 6.45) is 4.61. The molecule has 0 radical (unpaired) electrons. The molecule has 1 aromatic carbocycles. The van der Waals surface area contributed by atoms with Crippen molar-refractivity contribution in [1.82, 2.24) is 0 Å². The number of nitro groups is 1. The molecule has 0 bridgehead atoms. The number of hydrogen-bond acceptors (Lipinski definition) is 4. The molecule has 1 saturated carbocycles. The summed E-state index contributed by atoms with van der Waals surface area (Å²) in [6.45, 7) is 0.907.